The van der Waals surface area contributed by atoms with Gasteiger partial charge in [-0.3, -0.25) is 4.79 Å². The predicted octanol–water partition coefficient (Wildman–Crippen LogP) is 3.28. The molecule has 1 aromatic carbocycles. The number of hydrogen-bond donors (Lipinski definition) is 2. The third kappa shape index (κ3) is 8.24. The van der Waals surface area contributed by atoms with Gasteiger partial charge in [-0.2, -0.15) is 0 Å². The molecule has 0 saturated heterocycles. The average molecular weight is 320 g/mol. The Hall–Kier alpha value is -2.04. The van der Waals surface area contributed by atoms with E-state index < -0.39 is 11.7 Å². The number of carbonyl (C=O) groups excluding carboxylic acids is 2. The van der Waals surface area contributed by atoms with Crippen molar-refractivity contribution in [2.45, 2.75) is 52.6 Å². The number of benzene rings is 1. The number of unbranched alkanes of at least 4 members (excludes halogenated alkanes) is 1. The monoisotopic (exact) mass is 320 g/mol. The molecule has 0 saturated carbocycles. The van der Waals surface area contributed by atoms with Gasteiger partial charge in [0.25, 0.3) is 5.91 Å². The fourth-order valence-electron chi connectivity index (χ4n) is 1.99. The first-order chi connectivity index (χ1) is 10.8. The van der Waals surface area contributed by atoms with Gasteiger partial charge in [0.2, 0.25) is 0 Å². The Kier molecular flexibility index (Phi) is 7.59. The highest BCUT2D eigenvalue weighted by Gasteiger charge is 2.15. The van der Waals surface area contributed by atoms with Gasteiger partial charge in [-0.25, -0.2) is 4.79 Å². The zero-order valence-corrected chi connectivity index (χ0v) is 14.6. The molecule has 0 fully saturated rings. The van der Waals surface area contributed by atoms with Gasteiger partial charge in [-0.1, -0.05) is 19.1 Å². The standard InChI is InChI=1S/C18H28N2O3/c1-5-14-9-8-10-15(13-14)16(21)19-11-6-7-12-20-17(22)23-18(2,3)4/h8-10,13H,5-7,11-12H2,1-4H3,(H,19,21)(H,20,22). The summed E-state index contributed by atoms with van der Waals surface area (Å²) < 4.78 is 5.14. The Labute approximate surface area is 138 Å². The molecular weight excluding hydrogens is 292 g/mol. The molecule has 0 aliphatic heterocycles. The topological polar surface area (TPSA) is 67.4 Å². The minimum Gasteiger partial charge on any atom is -0.444 e. The number of amides is 2. The van der Waals surface area contributed by atoms with Gasteiger partial charge in [0.15, 0.2) is 0 Å². The van der Waals surface area contributed by atoms with Crippen LogP contribution in [0.2, 0.25) is 0 Å². The zero-order valence-electron chi connectivity index (χ0n) is 14.6. The van der Waals surface area contributed by atoms with Gasteiger partial charge < -0.3 is 15.4 Å². The molecule has 0 radical (unpaired) electrons. The van der Waals surface area contributed by atoms with Gasteiger partial charge in [0, 0.05) is 18.7 Å². The second-order valence-corrected chi connectivity index (χ2v) is 6.45. The van der Waals surface area contributed by atoms with E-state index in [-0.39, 0.29) is 5.91 Å². The molecule has 5 nitrogen and oxygen atoms in total. The van der Waals surface area contributed by atoms with Crippen LogP contribution in [0.3, 0.4) is 0 Å². The second kappa shape index (κ2) is 9.18. The van der Waals surface area contributed by atoms with Crippen LogP contribution in [-0.2, 0) is 11.2 Å². The van der Waals surface area contributed by atoms with E-state index >= 15 is 0 Å². The van der Waals surface area contributed by atoms with E-state index in [0.717, 1.165) is 24.8 Å². The van der Waals surface area contributed by atoms with Gasteiger partial charge in [-0.05, 0) is 57.7 Å². The second-order valence-electron chi connectivity index (χ2n) is 6.45. The molecule has 0 unspecified atom stereocenters. The summed E-state index contributed by atoms with van der Waals surface area (Å²) in [5, 5.41) is 5.59. The molecule has 128 valence electrons. The highest BCUT2D eigenvalue weighted by molar-refractivity contribution is 5.94. The van der Waals surface area contributed by atoms with Gasteiger partial charge in [0.05, 0.1) is 0 Å². The minimum atomic E-state index is -0.481. The lowest BCUT2D eigenvalue weighted by Crippen LogP contribution is -2.33. The van der Waals surface area contributed by atoms with E-state index in [1.165, 1.54) is 0 Å². The fraction of sp³-hybridized carbons (Fsp3) is 0.556. The van der Waals surface area contributed by atoms with E-state index in [2.05, 4.69) is 17.6 Å². The summed E-state index contributed by atoms with van der Waals surface area (Å²) in [6, 6.07) is 7.65. The van der Waals surface area contributed by atoms with E-state index in [1.807, 2.05) is 45.0 Å². The maximum atomic E-state index is 12.0. The molecule has 1 rings (SSSR count). The van der Waals surface area contributed by atoms with Crippen LogP contribution in [0.4, 0.5) is 4.79 Å². The highest BCUT2D eigenvalue weighted by Crippen LogP contribution is 2.07. The Bertz CT molecular complexity index is 521. The quantitative estimate of drug-likeness (QED) is 0.758. The van der Waals surface area contributed by atoms with E-state index in [0.29, 0.717) is 18.7 Å². The van der Waals surface area contributed by atoms with Crippen LogP contribution in [0.1, 0.15) is 56.5 Å². The first kappa shape index (κ1) is 19.0. The van der Waals surface area contributed by atoms with Crippen molar-refractivity contribution in [3.63, 3.8) is 0 Å². The van der Waals surface area contributed by atoms with Crippen LogP contribution in [0.25, 0.3) is 0 Å². The van der Waals surface area contributed by atoms with E-state index in [1.54, 1.807) is 0 Å². The van der Waals surface area contributed by atoms with Crippen molar-refractivity contribution in [3.05, 3.63) is 35.4 Å². The highest BCUT2D eigenvalue weighted by atomic mass is 16.6. The lowest BCUT2D eigenvalue weighted by molar-refractivity contribution is 0.0526. The first-order valence-corrected chi connectivity index (χ1v) is 8.16. The molecule has 0 bridgehead atoms. The van der Waals surface area contributed by atoms with Crippen molar-refractivity contribution >= 4 is 12.0 Å². The van der Waals surface area contributed by atoms with Gasteiger partial charge >= 0.3 is 6.09 Å². The van der Waals surface area contributed by atoms with Crippen molar-refractivity contribution < 1.29 is 14.3 Å². The van der Waals surface area contributed by atoms with Crippen LogP contribution in [0, 0.1) is 0 Å². The number of aryl methyl sites for hydroxylation is 1. The Morgan fingerprint density at radius 2 is 1.74 bits per heavy atom. The number of ether oxygens (including phenoxy) is 1. The molecule has 2 N–H and O–H groups in total. The third-order valence-electron chi connectivity index (χ3n) is 3.15. The lowest BCUT2D eigenvalue weighted by atomic mass is 10.1. The Morgan fingerprint density at radius 1 is 1.09 bits per heavy atom. The molecule has 0 aliphatic carbocycles. The fourth-order valence-corrected chi connectivity index (χ4v) is 1.99. The molecular formula is C18H28N2O3. The zero-order chi connectivity index (χ0) is 17.3. The minimum absolute atomic E-state index is 0.0552. The van der Waals surface area contributed by atoms with Crippen molar-refractivity contribution in [1.29, 1.82) is 0 Å². The van der Waals surface area contributed by atoms with Crippen molar-refractivity contribution in [2.75, 3.05) is 13.1 Å². The smallest absolute Gasteiger partial charge is 0.407 e. The van der Waals surface area contributed by atoms with Gasteiger partial charge in [-0.15, -0.1) is 0 Å². The molecule has 23 heavy (non-hydrogen) atoms. The molecule has 2 amide bonds. The largest absolute Gasteiger partial charge is 0.444 e. The molecule has 1 aromatic rings. The normalized spacial score (nSPS) is 11.0. The van der Waals surface area contributed by atoms with Crippen molar-refractivity contribution in [1.82, 2.24) is 10.6 Å². The van der Waals surface area contributed by atoms with E-state index in [9.17, 15) is 9.59 Å². The van der Waals surface area contributed by atoms with E-state index in [4.69, 9.17) is 4.74 Å². The van der Waals surface area contributed by atoms with Crippen LogP contribution in [0.5, 0.6) is 0 Å². The van der Waals surface area contributed by atoms with Crippen LogP contribution < -0.4 is 10.6 Å². The van der Waals surface area contributed by atoms with Crippen LogP contribution in [0.15, 0.2) is 24.3 Å². The number of hydrogen-bond acceptors (Lipinski definition) is 3. The number of rotatable bonds is 7. The average Bonchev–Trinajstić information content (AvgIpc) is 2.48. The molecule has 0 spiro atoms. The van der Waals surface area contributed by atoms with Gasteiger partial charge in [0.1, 0.15) is 5.60 Å². The maximum absolute atomic E-state index is 12.0. The summed E-state index contributed by atoms with van der Waals surface area (Å²) in [6.45, 7) is 8.68. The summed E-state index contributed by atoms with van der Waals surface area (Å²) >= 11 is 0. The van der Waals surface area contributed by atoms with Crippen molar-refractivity contribution in [3.8, 4) is 0 Å². The molecule has 0 aliphatic rings. The number of nitrogens with one attached hydrogen (secondary N) is 2. The van der Waals surface area contributed by atoms with Crippen LogP contribution in [-0.4, -0.2) is 30.7 Å². The summed E-state index contributed by atoms with van der Waals surface area (Å²) in [6.07, 6.45) is 2.10. The predicted molar refractivity (Wildman–Crippen MR) is 91.6 cm³/mol. The Morgan fingerprint density at radius 3 is 2.35 bits per heavy atom. The molecule has 0 heterocycles. The summed E-state index contributed by atoms with van der Waals surface area (Å²) in [5.41, 5.74) is 1.36. The maximum Gasteiger partial charge on any atom is 0.407 e. The van der Waals surface area contributed by atoms with Crippen molar-refractivity contribution in [2.24, 2.45) is 0 Å². The summed E-state index contributed by atoms with van der Waals surface area (Å²) in [5.74, 6) is -0.0552. The third-order valence-corrected chi connectivity index (χ3v) is 3.15. The first-order valence-electron chi connectivity index (χ1n) is 8.16. The lowest BCUT2D eigenvalue weighted by Gasteiger charge is -2.19. The molecule has 0 aromatic heterocycles. The number of alkyl carbamates (subject to hydrolysis) is 1. The summed E-state index contributed by atoms with van der Waals surface area (Å²) in [4.78, 5) is 23.5. The molecule has 5 heteroatoms. The molecule has 0 atom stereocenters. The SMILES string of the molecule is CCc1cccc(C(=O)NCCCCNC(=O)OC(C)(C)C)c1. The number of carbonyl (C=O) groups is 2. The van der Waals surface area contributed by atoms with Crippen LogP contribution >= 0.6 is 0 Å². The summed E-state index contributed by atoms with van der Waals surface area (Å²) in [7, 11) is 0. The Balaban J connectivity index is 2.17.